The molecule has 246 valence electrons. The summed E-state index contributed by atoms with van der Waals surface area (Å²) in [6, 6.07) is 1.67. The molecule has 44 heavy (non-hydrogen) atoms. The molecule has 4 rings (SSSR count). The van der Waals surface area contributed by atoms with Crippen LogP contribution in [0.2, 0.25) is 36.3 Å². The summed E-state index contributed by atoms with van der Waals surface area (Å²) in [5, 5.41) is 2.98. The lowest BCUT2D eigenvalue weighted by Crippen LogP contribution is -2.59. The number of hydrogen-bond donors (Lipinski definition) is 1. The van der Waals surface area contributed by atoms with Crippen LogP contribution in [0.15, 0.2) is 38.3 Å². The van der Waals surface area contributed by atoms with Crippen molar-refractivity contribution in [2.75, 3.05) is 6.61 Å². The van der Waals surface area contributed by atoms with E-state index in [1.165, 1.54) is 29.1 Å². The Hall–Kier alpha value is -1.86. The topological polar surface area (TPSA) is 141 Å². The second-order valence-electron chi connectivity index (χ2n) is 14.8. The van der Waals surface area contributed by atoms with Crippen LogP contribution in [-0.4, -0.2) is 58.6 Å². The van der Waals surface area contributed by atoms with Gasteiger partial charge in [-0.1, -0.05) is 41.5 Å². The first kappa shape index (κ1) is 35.0. The number of hydrogen-bond acceptors (Lipinski definition) is 10. The van der Waals surface area contributed by atoms with Crippen molar-refractivity contribution >= 4 is 43.0 Å². The van der Waals surface area contributed by atoms with Gasteiger partial charge in [0.05, 0.1) is 12.3 Å². The maximum atomic E-state index is 13.9. The maximum absolute atomic E-state index is 13.9. The summed E-state index contributed by atoms with van der Waals surface area (Å²) in [6.45, 7) is 22.2. The van der Waals surface area contributed by atoms with Gasteiger partial charge in [-0.25, -0.2) is 8.98 Å². The highest BCUT2D eigenvalue weighted by atomic mass is 32.2. The number of ether oxygens (including phenoxy) is 1. The van der Waals surface area contributed by atoms with E-state index in [-0.39, 0.29) is 27.3 Å². The molecule has 11 nitrogen and oxygen atoms in total. The van der Waals surface area contributed by atoms with Crippen LogP contribution in [0.1, 0.15) is 58.9 Å². The highest BCUT2D eigenvalue weighted by Crippen LogP contribution is 2.55. The van der Waals surface area contributed by atoms with Crippen LogP contribution in [0.25, 0.3) is 4.91 Å². The molecular weight excluding hydrogens is 639 g/mol. The van der Waals surface area contributed by atoms with E-state index < -0.39 is 62.0 Å². The van der Waals surface area contributed by atoms with Crippen molar-refractivity contribution in [3.63, 3.8) is 0 Å². The van der Waals surface area contributed by atoms with Gasteiger partial charge >= 0.3 is 15.8 Å². The Morgan fingerprint density at radius 2 is 1.66 bits per heavy atom. The smallest absolute Gasteiger partial charge is 0.332 e. The van der Waals surface area contributed by atoms with Crippen LogP contribution >= 0.6 is 11.3 Å². The standard InChI is InChI=1S/C29H47N3O8S2Si2/c1-18-15-32(26(34)31(8)24(18)33)25-23(39-44(11,12)28(5,6)7)29(20(38-25)16-37-43(9,10)27(2,3)4)22(30)21(42(35,36)40-29)19-13-14-41-17-19/h13-15,17,20,23,25H,16,30H2,1-12H3/t20-,23+,25-,29+/m1/s1. The Bertz CT molecular complexity index is 1680. The third-order valence-corrected chi connectivity index (χ3v) is 20.9. The summed E-state index contributed by atoms with van der Waals surface area (Å²) in [6.07, 6.45) is -2.03. The van der Waals surface area contributed by atoms with Crippen LogP contribution in [0.5, 0.6) is 0 Å². The number of aryl methyl sites for hydroxylation is 1. The van der Waals surface area contributed by atoms with Crippen LogP contribution in [0.4, 0.5) is 0 Å². The molecule has 15 heteroatoms. The Labute approximate surface area is 266 Å². The van der Waals surface area contributed by atoms with E-state index in [0.717, 1.165) is 4.57 Å². The van der Waals surface area contributed by atoms with Gasteiger partial charge < -0.3 is 19.3 Å². The summed E-state index contributed by atoms with van der Waals surface area (Å²) in [4.78, 5) is 26.2. The molecule has 0 saturated carbocycles. The van der Waals surface area contributed by atoms with E-state index in [4.69, 9.17) is 23.5 Å². The molecule has 0 amide bonds. The molecule has 2 aromatic heterocycles. The number of aromatic nitrogens is 2. The van der Waals surface area contributed by atoms with Gasteiger partial charge in [0, 0.05) is 24.4 Å². The molecule has 0 bridgehead atoms. The Morgan fingerprint density at radius 1 is 1.07 bits per heavy atom. The predicted molar refractivity (Wildman–Crippen MR) is 178 cm³/mol. The lowest BCUT2D eigenvalue weighted by Gasteiger charge is -2.43. The predicted octanol–water partition coefficient (Wildman–Crippen LogP) is 4.65. The quantitative estimate of drug-likeness (QED) is 0.326. The lowest BCUT2D eigenvalue weighted by molar-refractivity contribution is -0.0566. The minimum atomic E-state index is -4.40. The molecule has 2 aliphatic heterocycles. The number of rotatable bonds is 7. The number of nitrogens with two attached hydrogens (primary N) is 1. The fraction of sp³-hybridized carbons (Fsp3) is 0.655. The molecule has 0 aliphatic carbocycles. The van der Waals surface area contributed by atoms with Crippen molar-refractivity contribution in [1.29, 1.82) is 0 Å². The highest BCUT2D eigenvalue weighted by Gasteiger charge is 2.69. The SMILES string of the molecule is Cc1cn([C@@H]2O[C@H](CO[Si](C)(C)C(C)(C)C)[C@@]3(OS(=O)(=O)C(c4ccsc4)=C3N)[C@H]2O[Si](C)(C)C(C)(C)C)c(=O)n(C)c1=O. The van der Waals surface area contributed by atoms with E-state index >= 15 is 0 Å². The van der Waals surface area contributed by atoms with E-state index in [9.17, 15) is 18.0 Å². The highest BCUT2D eigenvalue weighted by molar-refractivity contribution is 7.96. The molecule has 4 atom stereocenters. The third kappa shape index (κ3) is 5.67. The van der Waals surface area contributed by atoms with Crippen molar-refractivity contribution in [3.05, 3.63) is 60.7 Å². The van der Waals surface area contributed by atoms with Gasteiger partial charge in [-0.2, -0.15) is 19.8 Å². The molecule has 1 fully saturated rings. The monoisotopic (exact) mass is 685 g/mol. The Morgan fingerprint density at radius 3 is 2.18 bits per heavy atom. The molecule has 4 heterocycles. The Balaban J connectivity index is 2.04. The van der Waals surface area contributed by atoms with Crippen LogP contribution in [0, 0.1) is 6.92 Å². The molecule has 2 aromatic rings. The second kappa shape index (κ2) is 11.1. The van der Waals surface area contributed by atoms with Crippen LogP contribution < -0.4 is 17.0 Å². The van der Waals surface area contributed by atoms with Crippen LogP contribution in [0.3, 0.4) is 0 Å². The van der Waals surface area contributed by atoms with Gasteiger partial charge in [0.15, 0.2) is 28.5 Å². The second-order valence-corrected chi connectivity index (χ2v) is 26.7. The van der Waals surface area contributed by atoms with Gasteiger partial charge in [0.25, 0.3) is 5.56 Å². The molecule has 1 saturated heterocycles. The summed E-state index contributed by atoms with van der Waals surface area (Å²) in [7, 11) is -8.12. The summed E-state index contributed by atoms with van der Waals surface area (Å²) in [5.41, 5.74) is 4.63. The first-order valence-corrected chi connectivity index (χ1v) is 22.8. The minimum absolute atomic E-state index is 0.0551. The molecule has 0 aromatic carbocycles. The van der Waals surface area contributed by atoms with Gasteiger partial charge in [-0.3, -0.25) is 13.9 Å². The summed E-state index contributed by atoms with van der Waals surface area (Å²) >= 11 is 1.33. The van der Waals surface area contributed by atoms with E-state index in [2.05, 4.69) is 54.6 Å². The fourth-order valence-electron chi connectivity index (χ4n) is 4.98. The molecule has 2 aliphatic rings. The first-order chi connectivity index (χ1) is 19.9. The molecule has 0 radical (unpaired) electrons. The molecule has 2 N–H and O–H groups in total. The average Bonchev–Trinajstić information content (AvgIpc) is 3.54. The number of thiophene rings is 1. The van der Waals surface area contributed by atoms with E-state index in [0.29, 0.717) is 11.1 Å². The van der Waals surface area contributed by atoms with E-state index in [1.807, 2.05) is 13.1 Å². The molecular formula is C29H47N3O8S2Si2. The first-order valence-electron chi connectivity index (χ1n) is 14.6. The normalized spacial score (nSPS) is 26.2. The van der Waals surface area contributed by atoms with Crippen LogP contribution in [-0.2, 0) is 34.9 Å². The van der Waals surface area contributed by atoms with Crippen molar-refractivity contribution in [2.24, 2.45) is 12.8 Å². The van der Waals surface area contributed by atoms with Gasteiger partial charge in [0.2, 0.25) is 0 Å². The summed E-state index contributed by atoms with van der Waals surface area (Å²) < 4.78 is 56.5. The van der Waals surface area contributed by atoms with Gasteiger partial charge in [-0.05, 0) is 60.0 Å². The zero-order chi connectivity index (χ0) is 33.4. The van der Waals surface area contributed by atoms with E-state index in [1.54, 1.807) is 23.8 Å². The number of nitrogens with zero attached hydrogens (tertiary/aromatic N) is 2. The van der Waals surface area contributed by atoms with Crippen molar-refractivity contribution < 1.29 is 26.2 Å². The zero-order valence-corrected chi connectivity index (χ0v) is 31.4. The fourth-order valence-corrected chi connectivity index (χ4v) is 9.56. The largest absolute Gasteiger partial charge is 0.414 e. The Kier molecular flexibility index (Phi) is 8.86. The van der Waals surface area contributed by atoms with Crippen molar-refractivity contribution in [1.82, 2.24) is 9.13 Å². The van der Waals surface area contributed by atoms with Gasteiger partial charge in [-0.15, -0.1) is 0 Å². The zero-order valence-electron chi connectivity index (χ0n) is 27.8. The lowest BCUT2D eigenvalue weighted by atomic mass is 9.88. The van der Waals surface area contributed by atoms with Crippen molar-refractivity contribution in [3.8, 4) is 0 Å². The minimum Gasteiger partial charge on any atom is -0.414 e. The third-order valence-electron chi connectivity index (χ3n) is 9.80. The average molecular weight is 686 g/mol. The maximum Gasteiger partial charge on any atom is 0.332 e. The van der Waals surface area contributed by atoms with Crippen molar-refractivity contribution in [2.45, 2.75) is 109 Å². The molecule has 0 unspecified atom stereocenters. The summed E-state index contributed by atoms with van der Waals surface area (Å²) in [5.74, 6) is 0. The van der Waals surface area contributed by atoms with Gasteiger partial charge in [0.1, 0.15) is 17.1 Å². The molecule has 1 spiro atoms.